The first-order valence-electron chi connectivity index (χ1n) is 4.21. The van der Waals surface area contributed by atoms with Crippen molar-refractivity contribution in [1.29, 1.82) is 0 Å². The fraction of sp³-hybridized carbons (Fsp3) is 0.714. The second kappa shape index (κ2) is 5.75. The Hall–Kier alpha value is -0.460. The zero-order chi connectivity index (χ0) is 13.0. The van der Waals surface area contributed by atoms with Crippen LogP contribution in [-0.4, -0.2) is 18.9 Å². The highest BCUT2D eigenvalue weighted by molar-refractivity contribution is 7.55. The predicted molar refractivity (Wildman–Crippen MR) is 46.2 cm³/mol. The Morgan fingerprint density at radius 3 is 1.75 bits per heavy atom. The number of alkyl halides is 2. The molecule has 0 aliphatic heterocycles. The molecule has 0 heterocycles. The third kappa shape index (κ3) is 3.02. The van der Waals surface area contributed by atoms with Crippen LogP contribution >= 0.6 is 7.60 Å². The van der Waals surface area contributed by atoms with Gasteiger partial charge >= 0.3 is 19.3 Å². The molecule has 0 radical (unpaired) electrons. The summed E-state index contributed by atoms with van der Waals surface area (Å²) in [5, 5.41) is 0. The van der Waals surface area contributed by atoms with Crippen molar-refractivity contribution in [3.05, 3.63) is 11.9 Å². The van der Waals surface area contributed by atoms with Crippen LogP contribution in [0.2, 0.25) is 0 Å². The van der Waals surface area contributed by atoms with E-state index in [0.717, 1.165) is 0 Å². The van der Waals surface area contributed by atoms with Crippen molar-refractivity contribution in [2.45, 2.75) is 19.5 Å². The molecule has 0 aromatic heterocycles. The van der Waals surface area contributed by atoms with Gasteiger partial charge in [0.25, 0.3) is 0 Å². The van der Waals surface area contributed by atoms with Gasteiger partial charge in [0.05, 0.1) is 13.2 Å². The lowest BCUT2D eigenvalue weighted by Gasteiger charge is -2.23. The number of hydrogen-bond donors (Lipinski definition) is 0. The molecule has 0 saturated heterocycles. The second-order valence-electron chi connectivity index (χ2n) is 2.45. The van der Waals surface area contributed by atoms with Crippen molar-refractivity contribution in [3.63, 3.8) is 0 Å². The Bertz CT molecular complexity index is 303. The van der Waals surface area contributed by atoms with Crippen LogP contribution in [-0.2, 0) is 13.6 Å². The minimum atomic E-state index is -5.28. The predicted octanol–water partition coefficient (Wildman–Crippen LogP) is 3.92. The monoisotopic (exact) mass is 268 g/mol. The van der Waals surface area contributed by atoms with Crippen LogP contribution in [0, 0.1) is 0 Å². The minimum absolute atomic E-state index is 0.492. The Labute approximate surface area is 88.8 Å². The van der Waals surface area contributed by atoms with Gasteiger partial charge in [-0.15, -0.1) is 0 Å². The number of allylic oxidation sites excluding steroid dienone is 1. The lowest BCUT2D eigenvalue weighted by atomic mass is 10.6. The molecule has 0 aliphatic carbocycles. The quantitative estimate of drug-likeness (QED) is 0.541. The van der Waals surface area contributed by atoms with Gasteiger partial charge in [-0.05, 0) is 13.8 Å². The van der Waals surface area contributed by atoms with Crippen molar-refractivity contribution >= 4 is 7.60 Å². The van der Waals surface area contributed by atoms with Gasteiger partial charge in [0, 0.05) is 0 Å². The van der Waals surface area contributed by atoms with Crippen molar-refractivity contribution in [2.75, 3.05) is 13.2 Å². The maximum Gasteiger partial charge on any atom is 0.407 e. The van der Waals surface area contributed by atoms with Gasteiger partial charge in [-0.2, -0.15) is 22.0 Å². The average Bonchev–Trinajstić information content (AvgIpc) is 2.16. The molecule has 9 heteroatoms. The summed E-state index contributed by atoms with van der Waals surface area (Å²) in [5.41, 5.74) is -4.99. The van der Waals surface area contributed by atoms with E-state index in [9.17, 15) is 26.5 Å². The molecule has 0 fully saturated rings. The van der Waals surface area contributed by atoms with Crippen molar-refractivity contribution in [1.82, 2.24) is 0 Å². The third-order valence-corrected chi connectivity index (χ3v) is 3.45. The van der Waals surface area contributed by atoms with Gasteiger partial charge in [-0.3, -0.25) is 4.57 Å². The molecule has 0 N–H and O–H groups in total. The molecule has 0 aliphatic rings. The maximum absolute atomic E-state index is 13.1. The highest BCUT2D eigenvalue weighted by Gasteiger charge is 2.59. The lowest BCUT2D eigenvalue weighted by Crippen LogP contribution is -2.21. The second-order valence-corrected chi connectivity index (χ2v) is 4.52. The normalized spacial score (nSPS) is 12.7. The molecule has 3 nitrogen and oxygen atoms in total. The van der Waals surface area contributed by atoms with Crippen LogP contribution in [0.4, 0.5) is 22.0 Å². The third-order valence-electron chi connectivity index (χ3n) is 1.37. The molecular weight excluding hydrogens is 258 g/mol. The standard InChI is InChI=1S/C7H10F5O3P/c1-3-14-16(13,15-4-2)7(11,12)5(8)6(9)10/h3-4H2,1-2H3. The van der Waals surface area contributed by atoms with Gasteiger partial charge in [0.1, 0.15) is 0 Å². The summed E-state index contributed by atoms with van der Waals surface area (Å²) >= 11 is 0. The van der Waals surface area contributed by atoms with Crippen LogP contribution in [0.3, 0.4) is 0 Å². The Balaban J connectivity index is 5.36. The first-order chi connectivity index (χ1) is 7.23. The molecule has 0 aromatic carbocycles. The number of hydrogen-bond acceptors (Lipinski definition) is 3. The van der Waals surface area contributed by atoms with E-state index < -0.39 is 38.4 Å². The maximum atomic E-state index is 13.1. The van der Waals surface area contributed by atoms with E-state index in [2.05, 4.69) is 9.05 Å². The lowest BCUT2D eigenvalue weighted by molar-refractivity contribution is 0.0445. The molecule has 0 bridgehead atoms. The van der Waals surface area contributed by atoms with Gasteiger partial charge in [0.15, 0.2) is 0 Å². The highest BCUT2D eigenvalue weighted by atomic mass is 31.2. The van der Waals surface area contributed by atoms with Crippen molar-refractivity contribution in [2.24, 2.45) is 0 Å². The average molecular weight is 268 g/mol. The fourth-order valence-electron chi connectivity index (χ4n) is 0.773. The SMILES string of the molecule is CCOP(=O)(OCC)C(F)(F)C(F)=C(F)F. The molecular formula is C7H10F5O3P. The van der Waals surface area contributed by atoms with Gasteiger partial charge < -0.3 is 9.05 Å². The zero-order valence-electron chi connectivity index (χ0n) is 8.48. The molecule has 0 spiro atoms. The minimum Gasteiger partial charge on any atom is -0.304 e. The van der Waals surface area contributed by atoms with Crippen LogP contribution in [0.15, 0.2) is 11.9 Å². The van der Waals surface area contributed by atoms with Crippen molar-refractivity contribution < 1.29 is 35.6 Å². The summed E-state index contributed by atoms with van der Waals surface area (Å²) in [4.78, 5) is 0. The molecule has 96 valence electrons. The summed E-state index contributed by atoms with van der Waals surface area (Å²) in [5.74, 6) is -3.10. The van der Waals surface area contributed by atoms with E-state index in [0.29, 0.717) is 0 Å². The van der Waals surface area contributed by atoms with E-state index in [1.165, 1.54) is 13.8 Å². The van der Waals surface area contributed by atoms with Crippen LogP contribution in [0.1, 0.15) is 13.8 Å². The molecule has 0 rings (SSSR count). The van der Waals surface area contributed by atoms with Crippen LogP contribution < -0.4 is 0 Å². The van der Waals surface area contributed by atoms with E-state index in [1.807, 2.05) is 0 Å². The topological polar surface area (TPSA) is 35.5 Å². The van der Waals surface area contributed by atoms with E-state index in [4.69, 9.17) is 0 Å². The molecule has 0 aromatic rings. The van der Waals surface area contributed by atoms with Crippen LogP contribution in [0.25, 0.3) is 0 Å². The molecule has 0 amide bonds. The van der Waals surface area contributed by atoms with Gasteiger partial charge in [-0.1, -0.05) is 0 Å². The summed E-state index contributed by atoms with van der Waals surface area (Å²) in [7, 11) is -5.28. The summed E-state index contributed by atoms with van der Waals surface area (Å²) in [6.07, 6.45) is -3.26. The highest BCUT2D eigenvalue weighted by Crippen LogP contribution is 2.65. The smallest absolute Gasteiger partial charge is 0.304 e. The molecule has 16 heavy (non-hydrogen) atoms. The summed E-state index contributed by atoms with van der Waals surface area (Å²) in [6, 6.07) is 0. The van der Waals surface area contributed by atoms with Gasteiger partial charge in [0.2, 0.25) is 5.83 Å². The summed E-state index contributed by atoms with van der Waals surface area (Å²) < 4.78 is 81.6. The Morgan fingerprint density at radius 2 is 1.50 bits per heavy atom. The largest absolute Gasteiger partial charge is 0.407 e. The molecule has 0 atom stereocenters. The van der Waals surface area contributed by atoms with E-state index in [1.54, 1.807) is 0 Å². The Kier molecular flexibility index (Phi) is 5.58. The number of halogens is 5. The molecule has 0 unspecified atom stereocenters. The first kappa shape index (κ1) is 15.5. The molecule has 0 saturated carbocycles. The van der Waals surface area contributed by atoms with Gasteiger partial charge in [-0.25, -0.2) is 0 Å². The van der Waals surface area contributed by atoms with E-state index in [-0.39, 0.29) is 0 Å². The Morgan fingerprint density at radius 1 is 1.12 bits per heavy atom. The first-order valence-corrected chi connectivity index (χ1v) is 5.75. The zero-order valence-corrected chi connectivity index (χ0v) is 9.37. The van der Waals surface area contributed by atoms with Crippen molar-refractivity contribution in [3.8, 4) is 0 Å². The fourth-order valence-corrected chi connectivity index (χ4v) is 2.18. The van der Waals surface area contributed by atoms with E-state index >= 15 is 0 Å². The number of rotatable bonds is 6. The van der Waals surface area contributed by atoms with Crippen LogP contribution in [0.5, 0.6) is 0 Å². The summed E-state index contributed by atoms with van der Waals surface area (Å²) in [6.45, 7) is 1.40.